The maximum atomic E-state index is 13.2. The lowest BCUT2D eigenvalue weighted by molar-refractivity contribution is -0.126. The summed E-state index contributed by atoms with van der Waals surface area (Å²) >= 11 is 1.61. The van der Waals surface area contributed by atoms with Crippen molar-refractivity contribution >= 4 is 23.2 Å². The van der Waals surface area contributed by atoms with E-state index in [1.165, 1.54) is 0 Å². The number of thiophene rings is 1. The van der Waals surface area contributed by atoms with Gasteiger partial charge < -0.3 is 15.0 Å². The summed E-state index contributed by atoms with van der Waals surface area (Å²) in [5.74, 6) is 0.393. The normalized spacial score (nSPS) is 15.2. The van der Waals surface area contributed by atoms with Crippen molar-refractivity contribution in [1.29, 1.82) is 0 Å². The standard InChI is InChI=1S/C25H27N3O3S/c1-17-7-5-13-26-22(17)23(21-10-6-16-32-21)27-24(29)18-11-14-28(15-12-18)25(30)19-8-3-4-9-20(19)31-2/h3-10,13,16,18,23H,11-12,14-15H2,1-2H3,(H,27,29). The van der Waals surface area contributed by atoms with Crippen LogP contribution in [0.2, 0.25) is 0 Å². The molecule has 1 aromatic carbocycles. The molecule has 0 bridgehead atoms. The number of aromatic nitrogens is 1. The number of carbonyl (C=O) groups excluding carboxylic acids is 2. The molecule has 32 heavy (non-hydrogen) atoms. The Morgan fingerprint density at radius 1 is 1.12 bits per heavy atom. The highest BCUT2D eigenvalue weighted by Crippen LogP contribution is 2.29. The molecule has 0 radical (unpaired) electrons. The molecule has 1 aliphatic heterocycles. The number of rotatable bonds is 6. The zero-order valence-corrected chi connectivity index (χ0v) is 19.1. The van der Waals surface area contributed by atoms with Gasteiger partial charge in [0, 0.05) is 30.1 Å². The second-order valence-corrected chi connectivity index (χ2v) is 8.91. The molecule has 6 nitrogen and oxygen atoms in total. The van der Waals surface area contributed by atoms with Gasteiger partial charge in [0.05, 0.1) is 18.4 Å². The van der Waals surface area contributed by atoms with Crippen LogP contribution in [-0.4, -0.2) is 41.9 Å². The van der Waals surface area contributed by atoms with Gasteiger partial charge in [0.15, 0.2) is 0 Å². The van der Waals surface area contributed by atoms with Crippen LogP contribution in [0.15, 0.2) is 60.1 Å². The van der Waals surface area contributed by atoms with Gasteiger partial charge in [-0.15, -0.1) is 11.3 Å². The Kier molecular flexibility index (Phi) is 6.85. The number of pyridine rings is 1. The number of likely N-dealkylation sites (tertiary alicyclic amines) is 1. The van der Waals surface area contributed by atoms with Crippen molar-refractivity contribution in [3.63, 3.8) is 0 Å². The maximum absolute atomic E-state index is 13.2. The Morgan fingerprint density at radius 2 is 1.91 bits per heavy atom. The summed E-state index contributed by atoms with van der Waals surface area (Å²) in [5, 5.41) is 5.23. The van der Waals surface area contributed by atoms with Gasteiger partial charge in [-0.2, -0.15) is 0 Å². The van der Waals surface area contributed by atoms with Crippen molar-refractivity contribution < 1.29 is 14.3 Å². The highest BCUT2D eigenvalue weighted by atomic mass is 32.1. The number of para-hydroxylation sites is 1. The summed E-state index contributed by atoms with van der Waals surface area (Å²) in [6.45, 7) is 3.10. The van der Waals surface area contributed by atoms with E-state index in [0.29, 0.717) is 37.2 Å². The van der Waals surface area contributed by atoms with Gasteiger partial charge in [0.2, 0.25) is 5.91 Å². The summed E-state index contributed by atoms with van der Waals surface area (Å²) in [7, 11) is 1.57. The second-order valence-electron chi connectivity index (χ2n) is 7.93. The minimum absolute atomic E-state index is 0.0119. The van der Waals surface area contributed by atoms with Crippen molar-refractivity contribution in [2.24, 2.45) is 5.92 Å². The van der Waals surface area contributed by atoms with Crippen LogP contribution < -0.4 is 10.1 Å². The van der Waals surface area contributed by atoms with Crippen molar-refractivity contribution in [3.05, 3.63) is 81.8 Å². The molecule has 3 heterocycles. The summed E-state index contributed by atoms with van der Waals surface area (Å²) < 4.78 is 5.33. The molecule has 1 N–H and O–H groups in total. The van der Waals surface area contributed by atoms with Crippen molar-refractivity contribution in [2.45, 2.75) is 25.8 Å². The quantitative estimate of drug-likeness (QED) is 0.612. The van der Waals surface area contributed by atoms with E-state index in [-0.39, 0.29) is 23.8 Å². The van der Waals surface area contributed by atoms with E-state index in [1.807, 2.05) is 48.7 Å². The number of carbonyl (C=O) groups is 2. The minimum Gasteiger partial charge on any atom is -0.496 e. The number of ether oxygens (including phenoxy) is 1. The third-order valence-corrected chi connectivity index (χ3v) is 6.87. The second kappa shape index (κ2) is 9.96. The summed E-state index contributed by atoms with van der Waals surface area (Å²) in [6, 6.07) is 14.9. The number of hydrogen-bond acceptors (Lipinski definition) is 5. The fourth-order valence-electron chi connectivity index (χ4n) is 4.13. The van der Waals surface area contributed by atoms with E-state index in [1.54, 1.807) is 41.7 Å². The number of nitrogens with one attached hydrogen (secondary N) is 1. The maximum Gasteiger partial charge on any atom is 0.257 e. The zero-order valence-electron chi connectivity index (χ0n) is 18.3. The van der Waals surface area contributed by atoms with E-state index in [9.17, 15) is 9.59 Å². The van der Waals surface area contributed by atoms with Gasteiger partial charge in [-0.1, -0.05) is 24.3 Å². The highest BCUT2D eigenvalue weighted by molar-refractivity contribution is 7.10. The van der Waals surface area contributed by atoms with Gasteiger partial charge >= 0.3 is 0 Å². The number of piperidine rings is 1. The van der Waals surface area contributed by atoms with Gasteiger partial charge in [-0.25, -0.2) is 0 Å². The molecular weight excluding hydrogens is 422 g/mol. The zero-order chi connectivity index (χ0) is 22.5. The van der Waals surface area contributed by atoms with Crippen molar-refractivity contribution in [2.75, 3.05) is 20.2 Å². The Morgan fingerprint density at radius 3 is 2.59 bits per heavy atom. The highest BCUT2D eigenvalue weighted by Gasteiger charge is 2.31. The van der Waals surface area contributed by atoms with E-state index >= 15 is 0 Å². The largest absolute Gasteiger partial charge is 0.496 e. The Labute approximate surface area is 192 Å². The predicted molar refractivity (Wildman–Crippen MR) is 125 cm³/mol. The van der Waals surface area contributed by atoms with E-state index in [0.717, 1.165) is 16.1 Å². The fourth-order valence-corrected chi connectivity index (χ4v) is 4.90. The number of methoxy groups -OCH3 is 1. The first-order valence-electron chi connectivity index (χ1n) is 10.8. The molecule has 2 aromatic heterocycles. The van der Waals surface area contributed by atoms with Crippen LogP contribution in [0.25, 0.3) is 0 Å². The number of benzene rings is 1. The average molecular weight is 450 g/mol. The van der Waals surface area contributed by atoms with E-state index in [4.69, 9.17) is 4.74 Å². The Hall–Kier alpha value is -3.19. The molecule has 7 heteroatoms. The molecule has 0 spiro atoms. The molecule has 1 saturated heterocycles. The number of hydrogen-bond donors (Lipinski definition) is 1. The molecule has 1 aliphatic rings. The lowest BCUT2D eigenvalue weighted by Gasteiger charge is -2.32. The van der Waals surface area contributed by atoms with Crippen molar-refractivity contribution in [1.82, 2.24) is 15.2 Å². The van der Waals surface area contributed by atoms with Crippen LogP contribution in [0.5, 0.6) is 5.75 Å². The smallest absolute Gasteiger partial charge is 0.257 e. The van der Waals surface area contributed by atoms with Crippen LogP contribution in [0.4, 0.5) is 0 Å². The first-order valence-corrected chi connectivity index (χ1v) is 11.6. The molecule has 1 fully saturated rings. The fraction of sp³-hybridized carbons (Fsp3) is 0.320. The third-order valence-electron chi connectivity index (χ3n) is 5.93. The molecule has 0 aliphatic carbocycles. The molecule has 166 valence electrons. The van der Waals surface area contributed by atoms with E-state index < -0.39 is 0 Å². The van der Waals surface area contributed by atoms with E-state index in [2.05, 4.69) is 10.3 Å². The molecular formula is C25H27N3O3S. The van der Waals surface area contributed by atoms with Crippen molar-refractivity contribution in [3.8, 4) is 5.75 Å². The molecule has 1 atom stereocenters. The topological polar surface area (TPSA) is 71.5 Å². The number of nitrogens with zero attached hydrogens (tertiary/aromatic N) is 2. The summed E-state index contributed by atoms with van der Waals surface area (Å²) in [6.07, 6.45) is 3.02. The summed E-state index contributed by atoms with van der Waals surface area (Å²) in [5.41, 5.74) is 2.47. The lowest BCUT2D eigenvalue weighted by atomic mass is 9.94. The van der Waals surface area contributed by atoms with Gasteiger partial charge in [0.25, 0.3) is 5.91 Å². The molecule has 1 unspecified atom stereocenters. The predicted octanol–water partition coefficient (Wildman–Crippen LogP) is 4.22. The first-order chi connectivity index (χ1) is 15.6. The number of amides is 2. The first kappa shape index (κ1) is 22.0. The molecule has 4 rings (SSSR count). The lowest BCUT2D eigenvalue weighted by Crippen LogP contribution is -2.44. The van der Waals surface area contributed by atoms with Gasteiger partial charge in [-0.3, -0.25) is 14.6 Å². The third kappa shape index (κ3) is 4.67. The van der Waals surface area contributed by atoms with Crippen LogP contribution in [0.3, 0.4) is 0 Å². The minimum atomic E-state index is -0.267. The summed E-state index contributed by atoms with van der Waals surface area (Å²) in [4.78, 5) is 33.5. The Bertz CT molecular complexity index is 1080. The monoisotopic (exact) mass is 449 g/mol. The van der Waals surface area contributed by atoms with Crippen LogP contribution in [0.1, 0.15) is 45.4 Å². The van der Waals surface area contributed by atoms with Crippen LogP contribution in [0, 0.1) is 12.8 Å². The molecule has 3 aromatic rings. The molecule has 2 amide bonds. The van der Waals surface area contributed by atoms with Crippen LogP contribution >= 0.6 is 11.3 Å². The van der Waals surface area contributed by atoms with Gasteiger partial charge in [0.1, 0.15) is 11.8 Å². The number of aryl methyl sites for hydroxylation is 1. The Balaban J connectivity index is 1.42. The van der Waals surface area contributed by atoms with Crippen LogP contribution in [-0.2, 0) is 4.79 Å². The average Bonchev–Trinajstić information content (AvgIpc) is 3.37. The molecule has 0 saturated carbocycles. The van der Waals surface area contributed by atoms with Gasteiger partial charge in [-0.05, 0) is 55.0 Å². The SMILES string of the molecule is COc1ccccc1C(=O)N1CCC(C(=O)NC(c2cccs2)c2ncccc2C)CC1.